The highest BCUT2D eigenvalue weighted by Crippen LogP contribution is 2.48. The van der Waals surface area contributed by atoms with Gasteiger partial charge in [-0.05, 0) is 41.7 Å². The molecule has 0 bridgehead atoms. The maximum absolute atomic E-state index is 13.3. The molecule has 38 heavy (non-hydrogen) atoms. The van der Waals surface area contributed by atoms with E-state index in [1.54, 1.807) is 0 Å². The number of methoxy groups -OCH3 is 1. The fraction of sp³-hybridized carbons (Fsp3) is 0.312. The van der Waals surface area contributed by atoms with Crippen molar-refractivity contribution in [2.24, 2.45) is 5.92 Å². The quantitative estimate of drug-likeness (QED) is 0.187. The molecule has 0 saturated heterocycles. The second kappa shape index (κ2) is 11.1. The number of aromatic hydroxyl groups is 1. The number of anilines is 1. The van der Waals surface area contributed by atoms with Gasteiger partial charge in [0.15, 0.2) is 17.3 Å². The fourth-order valence-corrected chi connectivity index (χ4v) is 5.45. The van der Waals surface area contributed by atoms with Crippen LogP contribution < -0.4 is 5.32 Å². The number of hydrogen-bond acceptors (Lipinski definition) is 6. The Bertz CT molecular complexity index is 1460. The number of hydrogen-bond donors (Lipinski definition) is 2. The van der Waals surface area contributed by atoms with Gasteiger partial charge in [-0.15, -0.1) is 0 Å². The molecule has 0 spiro atoms. The third kappa shape index (κ3) is 4.91. The van der Waals surface area contributed by atoms with Crippen LogP contribution in [0.25, 0.3) is 33.2 Å². The maximum atomic E-state index is 13.3. The summed E-state index contributed by atoms with van der Waals surface area (Å²) in [7, 11) is 1.34. The SMILES string of the molecule is CCC(Nc1oc(-c2cccc3ccccc23)c(O)c1-c1cccc(C(=O)C2CCCCC2)c1)C(=O)OC. The van der Waals surface area contributed by atoms with E-state index in [0.29, 0.717) is 28.9 Å². The molecule has 1 atom stereocenters. The average Bonchev–Trinajstić information content (AvgIpc) is 3.30. The molecule has 1 unspecified atom stereocenters. The van der Waals surface area contributed by atoms with Gasteiger partial charge in [-0.3, -0.25) is 4.79 Å². The molecule has 1 saturated carbocycles. The number of ketones is 1. The first-order valence-corrected chi connectivity index (χ1v) is 13.3. The van der Waals surface area contributed by atoms with Crippen molar-refractivity contribution in [3.8, 4) is 28.2 Å². The summed E-state index contributed by atoms with van der Waals surface area (Å²) in [5.41, 5.74) is 2.40. The van der Waals surface area contributed by atoms with E-state index in [-0.39, 0.29) is 23.3 Å². The van der Waals surface area contributed by atoms with Crippen molar-refractivity contribution >= 4 is 28.4 Å². The lowest BCUT2D eigenvalue weighted by Gasteiger charge is -2.20. The molecule has 0 amide bonds. The molecule has 1 aliphatic rings. The lowest BCUT2D eigenvalue weighted by atomic mass is 9.83. The Labute approximate surface area is 222 Å². The van der Waals surface area contributed by atoms with Crippen molar-refractivity contribution < 1.29 is 23.8 Å². The maximum Gasteiger partial charge on any atom is 0.328 e. The first-order chi connectivity index (χ1) is 18.5. The van der Waals surface area contributed by atoms with Crippen LogP contribution in [0.1, 0.15) is 55.8 Å². The Hall–Kier alpha value is -4.06. The first kappa shape index (κ1) is 25.6. The first-order valence-electron chi connectivity index (χ1n) is 13.3. The van der Waals surface area contributed by atoms with E-state index in [2.05, 4.69) is 5.32 Å². The number of nitrogens with one attached hydrogen (secondary N) is 1. The van der Waals surface area contributed by atoms with E-state index >= 15 is 0 Å². The zero-order valence-corrected chi connectivity index (χ0v) is 21.8. The number of fused-ring (bicyclic) bond motifs is 1. The van der Waals surface area contributed by atoms with Crippen molar-refractivity contribution in [1.82, 2.24) is 0 Å². The zero-order valence-electron chi connectivity index (χ0n) is 21.8. The van der Waals surface area contributed by atoms with Gasteiger partial charge < -0.3 is 19.6 Å². The van der Waals surface area contributed by atoms with E-state index in [9.17, 15) is 14.7 Å². The van der Waals surface area contributed by atoms with Crippen LogP contribution in [-0.4, -0.2) is 30.0 Å². The van der Waals surface area contributed by atoms with Gasteiger partial charge in [-0.25, -0.2) is 4.79 Å². The summed E-state index contributed by atoms with van der Waals surface area (Å²) < 4.78 is 11.3. The van der Waals surface area contributed by atoms with Crippen LogP contribution >= 0.6 is 0 Å². The van der Waals surface area contributed by atoms with Crippen molar-refractivity contribution in [3.63, 3.8) is 0 Å². The Morgan fingerprint density at radius 1 is 1.03 bits per heavy atom. The van der Waals surface area contributed by atoms with E-state index in [1.807, 2.05) is 73.7 Å². The van der Waals surface area contributed by atoms with Crippen LogP contribution in [0.3, 0.4) is 0 Å². The minimum Gasteiger partial charge on any atom is -0.504 e. The smallest absolute Gasteiger partial charge is 0.328 e. The second-order valence-corrected chi connectivity index (χ2v) is 9.92. The molecular formula is C32H33NO5. The number of furan rings is 1. The van der Waals surface area contributed by atoms with Gasteiger partial charge >= 0.3 is 5.97 Å². The molecule has 1 aromatic heterocycles. The van der Waals surface area contributed by atoms with Gasteiger partial charge in [0.2, 0.25) is 5.88 Å². The number of carbonyl (C=O) groups excluding carboxylic acids is 2. The standard InChI is InChI=1S/C32H33NO5/c1-3-26(32(36)37-2)33-31-27(22-15-9-16-23(19-22)28(34)21-12-5-4-6-13-21)29(35)30(38-31)25-18-10-14-20-11-7-8-17-24(20)25/h7-11,14-19,21,26,33,35H,3-6,12-13H2,1-2H3. The van der Waals surface area contributed by atoms with Crippen LogP contribution in [0.4, 0.5) is 5.88 Å². The molecular weight excluding hydrogens is 478 g/mol. The lowest BCUT2D eigenvalue weighted by Crippen LogP contribution is -2.29. The van der Waals surface area contributed by atoms with Gasteiger partial charge in [0.1, 0.15) is 6.04 Å². The number of esters is 1. The molecule has 196 valence electrons. The summed E-state index contributed by atoms with van der Waals surface area (Å²) in [4.78, 5) is 25.7. The predicted molar refractivity (Wildman–Crippen MR) is 149 cm³/mol. The van der Waals surface area contributed by atoms with Gasteiger partial charge in [0.25, 0.3) is 0 Å². The molecule has 4 aromatic rings. The van der Waals surface area contributed by atoms with Gasteiger partial charge in [-0.2, -0.15) is 0 Å². The van der Waals surface area contributed by atoms with Crippen LogP contribution in [0.5, 0.6) is 5.75 Å². The third-order valence-corrected chi connectivity index (χ3v) is 7.53. The summed E-state index contributed by atoms with van der Waals surface area (Å²) in [5.74, 6) is 0.241. The Morgan fingerprint density at radius 3 is 2.53 bits per heavy atom. The largest absolute Gasteiger partial charge is 0.504 e. The summed E-state index contributed by atoms with van der Waals surface area (Å²) in [5, 5.41) is 16.7. The zero-order chi connectivity index (χ0) is 26.6. The van der Waals surface area contributed by atoms with E-state index < -0.39 is 12.0 Å². The van der Waals surface area contributed by atoms with E-state index in [4.69, 9.17) is 9.15 Å². The number of Topliss-reactive ketones (excluding diaryl/α,β-unsaturated/α-hetero) is 1. The summed E-state index contributed by atoms with van der Waals surface area (Å²) in [6, 6.07) is 20.4. The molecule has 5 rings (SSSR count). The number of ether oxygens (including phenoxy) is 1. The summed E-state index contributed by atoms with van der Waals surface area (Å²) in [6.45, 7) is 1.87. The van der Waals surface area contributed by atoms with Crippen LogP contribution in [0, 0.1) is 5.92 Å². The minimum atomic E-state index is -0.670. The second-order valence-electron chi connectivity index (χ2n) is 9.92. The lowest BCUT2D eigenvalue weighted by molar-refractivity contribution is -0.141. The van der Waals surface area contributed by atoms with Gasteiger partial charge in [-0.1, -0.05) is 86.8 Å². The highest BCUT2D eigenvalue weighted by molar-refractivity contribution is 6.02. The van der Waals surface area contributed by atoms with Crippen molar-refractivity contribution in [2.45, 2.75) is 51.5 Å². The van der Waals surface area contributed by atoms with Crippen molar-refractivity contribution in [2.75, 3.05) is 12.4 Å². The van der Waals surface area contributed by atoms with Gasteiger partial charge in [0.05, 0.1) is 12.7 Å². The van der Waals surface area contributed by atoms with E-state index in [1.165, 1.54) is 13.5 Å². The normalized spacial score (nSPS) is 14.8. The topological polar surface area (TPSA) is 88.8 Å². The number of carbonyl (C=O) groups is 2. The average molecular weight is 512 g/mol. The molecule has 6 nitrogen and oxygen atoms in total. The Balaban J connectivity index is 1.63. The van der Waals surface area contributed by atoms with Crippen LogP contribution in [0.15, 0.2) is 71.1 Å². The fourth-order valence-electron chi connectivity index (χ4n) is 5.45. The molecule has 6 heteroatoms. The summed E-state index contributed by atoms with van der Waals surface area (Å²) in [6.07, 6.45) is 5.61. The monoisotopic (exact) mass is 511 g/mol. The molecule has 0 aliphatic heterocycles. The molecule has 3 aromatic carbocycles. The van der Waals surface area contributed by atoms with E-state index in [0.717, 1.165) is 42.0 Å². The molecule has 1 fully saturated rings. The minimum absolute atomic E-state index is 0.0320. The Kier molecular flexibility index (Phi) is 7.50. The molecule has 0 radical (unpaired) electrons. The van der Waals surface area contributed by atoms with Crippen molar-refractivity contribution in [1.29, 1.82) is 0 Å². The summed E-state index contributed by atoms with van der Waals surface area (Å²) >= 11 is 0. The molecule has 1 heterocycles. The highest BCUT2D eigenvalue weighted by Gasteiger charge is 2.28. The molecule has 2 N–H and O–H groups in total. The highest BCUT2D eigenvalue weighted by atomic mass is 16.5. The van der Waals surface area contributed by atoms with Crippen LogP contribution in [-0.2, 0) is 9.53 Å². The van der Waals surface area contributed by atoms with Gasteiger partial charge in [0, 0.05) is 17.0 Å². The van der Waals surface area contributed by atoms with Crippen molar-refractivity contribution in [3.05, 3.63) is 72.3 Å². The van der Waals surface area contributed by atoms with Crippen LogP contribution in [0.2, 0.25) is 0 Å². The number of benzene rings is 3. The predicted octanol–water partition coefficient (Wildman–Crippen LogP) is 7.60. The Morgan fingerprint density at radius 2 is 1.76 bits per heavy atom. The molecule has 1 aliphatic carbocycles. The number of rotatable bonds is 8. The third-order valence-electron chi connectivity index (χ3n) is 7.53.